The van der Waals surface area contributed by atoms with Crippen LogP contribution in [0.3, 0.4) is 0 Å². The van der Waals surface area contributed by atoms with Gasteiger partial charge in [-0.2, -0.15) is 0 Å². The van der Waals surface area contributed by atoms with Gasteiger partial charge in [0.05, 0.1) is 24.8 Å². The number of halogens is 2. The van der Waals surface area contributed by atoms with E-state index in [1.54, 1.807) is 55.5 Å². The molecule has 1 atom stereocenters. The molecule has 0 heterocycles. The van der Waals surface area contributed by atoms with E-state index < -0.39 is 28.5 Å². The highest BCUT2D eigenvalue weighted by Gasteiger charge is 2.34. The minimum absolute atomic E-state index is 0.107. The van der Waals surface area contributed by atoms with Gasteiger partial charge in [0, 0.05) is 34.8 Å². The van der Waals surface area contributed by atoms with Gasteiger partial charge >= 0.3 is 0 Å². The maximum absolute atomic E-state index is 14.2. The molecule has 1 N–H and O–H groups in total. The number of carbonyl (C=O) groups excluding carboxylic acids is 2. The van der Waals surface area contributed by atoms with Gasteiger partial charge in [-0.25, -0.2) is 8.42 Å². The molecule has 0 bridgehead atoms. The molecule has 3 aromatic rings. The van der Waals surface area contributed by atoms with Crippen molar-refractivity contribution in [2.24, 2.45) is 5.92 Å². The first-order chi connectivity index (χ1) is 20.4. The van der Waals surface area contributed by atoms with E-state index in [-0.39, 0.29) is 41.1 Å². The van der Waals surface area contributed by atoms with E-state index in [9.17, 15) is 18.0 Å². The summed E-state index contributed by atoms with van der Waals surface area (Å²) >= 11 is 12.9. The standard InChI is InChI=1S/C31H37Cl2N3O6S/c1-6-27(31(38)34-18-21(2)3)35(19-24-25(32)13-10-14-26(24)33)30(37)20-36(22-11-8-7-9-12-22)43(39,40)23-15-16-28(41-4)29(17-23)42-5/h7-17,21,27H,6,18-20H2,1-5H3,(H,34,38)/t27-/m0/s1. The van der Waals surface area contributed by atoms with Crippen molar-refractivity contribution in [3.05, 3.63) is 82.3 Å². The first kappa shape index (κ1) is 34.0. The zero-order valence-corrected chi connectivity index (χ0v) is 27.2. The number of nitrogens with zero attached hydrogens (tertiary/aromatic N) is 2. The average Bonchev–Trinajstić information content (AvgIpc) is 2.99. The fraction of sp³-hybridized carbons (Fsp3) is 0.355. The summed E-state index contributed by atoms with van der Waals surface area (Å²) < 4.78 is 39.8. The summed E-state index contributed by atoms with van der Waals surface area (Å²) in [7, 11) is -1.46. The molecule has 0 saturated heterocycles. The Morgan fingerprint density at radius 3 is 2.09 bits per heavy atom. The van der Waals surface area contributed by atoms with Gasteiger partial charge in [-0.05, 0) is 48.7 Å². The van der Waals surface area contributed by atoms with Gasteiger partial charge in [0.2, 0.25) is 11.8 Å². The molecular formula is C31H37Cl2N3O6S. The van der Waals surface area contributed by atoms with E-state index in [1.807, 2.05) is 13.8 Å². The van der Waals surface area contributed by atoms with Gasteiger partial charge in [0.25, 0.3) is 10.0 Å². The largest absolute Gasteiger partial charge is 0.493 e. The highest BCUT2D eigenvalue weighted by atomic mass is 35.5. The quantitative estimate of drug-likeness (QED) is 0.237. The number of hydrogen-bond acceptors (Lipinski definition) is 6. The molecule has 3 aromatic carbocycles. The summed E-state index contributed by atoms with van der Waals surface area (Å²) in [5.74, 6) is -0.225. The van der Waals surface area contributed by atoms with Gasteiger partial charge in [0.15, 0.2) is 11.5 Å². The number of amides is 2. The van der Waals surface area contributed by atoms with E-state index in [1.165, 1.54) is 37.3 Å². The minimum Gasteiger partial charge on any atom is -0.493 e. The van der Waals surface area contributed by atoms with Crippen LogP contribution in [0.2, 0.25) is 10.0 Å². The van der Waals surface area contributed by atoms with Gasteiger partial charge in [-0.3, -0.25) is 13.9 Å². The maximum atomic E-state index is 14.2. The van der Waals surface area contributed by atoms with E-state index >= 15 is 0 Å². The summed E-state index contributed by atoms with van der Waals surface area (Å²) in [6, 6.07) is 16.5. The number of benzene rings is 3. The van der Waals surface area contributed by atoms with Crippen molar-refractivity contribution in [2.75, 3.05) is 31.6 Å². The number of carbonyl (C=O) groups is 2. The molecule has 0 aliphatic carbocycles. The van der Waals surface area contributed by atoms with Crippen molar-refractivity contribution >= 4 is 50.7 Å². The van der Waals surface area contributed by atoms with Gasteiger partial charge in [0.1, 0.15) is 12.6 Å². The average molecular weight is 651 g/mol. The van der Waals surface area contributed by atoms with Crippen LogP contribution in [-0.2, 0) is 26.2 Å². The van der Waals surface area contributed by atoms with Crippen molar-refractivity contribution in [1.29, 1.82) is 0 Å². The number of anilines is 1. The molecule has 0 aliphatic heterocycles. The molecule has 0 fully saturated rings. The van der Waals surface area contributed by atoms with Gasteiger partial charge in [-0.1, -0.05) is 68.2 Å². The predicted octanol–water partition coefficient (Wildman–Crippen LogP) is 5.79. The smallest absolute Gasteiger partial charge is 0.264 e. The molecule has 2 amide bonds. The lowest BCUT2D eigenvalue weighted by Crippen LogP contribution is -2.52. The summed E-state index contributed by atoms with van der Waals surface area (Å²) in [6.45, 7) is 5.41. The van der Waals surface area contributed by atoms with E-state index in [0.717, 1.165) is 4.31 Å². The topological polar surface area (TPSA) is 105 Å². The molecule has 9 nitrogen and oxygen atoms in total. The number of nitrogens with one attached hydrogen (secondary N) is 1. The zero-order chi connectivity index (χ0) is 31.7. The Hall–Kier alpha value is -3.47. The maximum Gasteiger partial charge on any atom is 0.264 e. The highest BCUT2D eigenvalue weighted by Crippen LogP contribution is 2.33. The second-order valence-corrected chi connectivity index (χ2v) is 12.8. The molecule has 12 heteroatoms. The summed E-state index contributed by atoms with van der Waals surface area (Å²) in [6.07, 6.45) is 0.269. The van der Waals surface area contributed by atoms with Crippen LogP contribution in [0.5, 0.6) is 11.5 Å². The number of para-hydroxylation sites is 1. The molecule has 232 valence electrons. The zero-order valence-electron chi connectivity index (χ0n) is 24.8. The number of hydrogen-bond donors (Lipinski definition) is 1. The summed E-state index contributed by atoms with van der Waals surface area (Å²) in [5.41, 5.74) is 0.710. The van der Waals surface area contributed by atoms with Crippen LogP contribution in [0, 0.1) is 5.92 Å². The first-order valence-electron chi connectivity index (χ1n) is 13.7. The van der Waals surface area contributed by atoms with Crippen LogP contribution in [0.25, 0.3) is 0 Å². The number of ether oxygens (including phenoxy) is 2. The Morgan fingerprint density at radius 1 is 0.907 bits per heavy atom. The van der Waals surface area contributed by atoms with Crippen molar-refractivity contribution in [3.8, 4) is 11.5 Å². The molecule has 0 spiro atoms. The SMILES string of the molecule is CC[C@@H](C(=O)NCC(C)C)N(Cc1c(Cl)cccc1Cl)C(=O)CN(c1ccccc1)S(=O)(=O)c1ccc(OC)c(OC)c1. The third-order valence-electron chi connectivity index (χ3n) is 6.73. The molecule has 3 rings (SSSR count). The third kappa shape index (κ3) is 8.34. The molecule has 0 radical (unpaired) electrons. The number of sulfonamides is 1. The van der Waals surface area contributed by atoms with Crippen LogP contribution in [0.1, 0.15) is 32.8 Å². The molecule has 0 aliphatic rings. The summed E-state index contributed by atoms with van der Waals surface area (Å²) in [4.78, 5) is 28.8. The lowest BCUT2D eigenvalue weighted by Gasteiger charge is -2.33. The molecule has 0 aromatic heterocycles. The van der Waals surface area contributed by atoms with E-state index in [2.05, 4.69) is 5.32 Å². The minimum atomic E-state index is -4.31. The third-order valence-corrected chi connectivity index (χ3v) is 9.20. The Morgan fingerprint density at radius 2 is 1.53 bits per heavy atom. The second-order valence-electron chi connectivity index (χ2n) is 10.1. The van der Waals surface area contributed by atoms with Crippen molar-refractivity contribution in [3.63, 3.8) is 0 Å². The first-order valence-corrected chi connectivity index (χ1v) is 15.9. The van der Waals surface area contributed by atoms with Gasteiger partial charge in [-0.15, -0.1) is 0 Å². The molecule has 43 heavy (non-hydrogen) atoms. The monoisotopic (exact) mass is 649 g/mol. The van der Waals surface area contributed by atoms with Gasteiger partial charge < -0.3 is 19.7 Å². The lowest BCUT2D eigenvalue weighted by atomic mass is 10.1. The van der Waals surface area contributed by atoms with Crippen LogP contribution in [0.4, 0.5) is 5.69 Å². The van der Waals surface area contributed by atoms with Crippen LogP contribution in [-0.4, -0.2) is 58.5 Å². The van der Waals surface area contributed by atoms with Crippen LogP contribution < -0.4 is 19.1 Å². The second kappa shape index (κ2) is 15.3. The Kier molecular flexibility index (Phi) is 12.1. The lowest BCUT2D eigenvalue weighted by molar-refractivity contribution is -0.140. The Bertz CT molecular complexity index is 1500. The number of methoxy groups -OCH3 is 2. The Balaban J connectivity index is 2.10. The highest BCUT2D eigenvalue weighted by molar-refractivity contribution is 7.92. The normalized spacial score (nSPS) is 12.0. The molecule has 0 saturated carbocycles. The van der Waals surface area contributed by atoms with Crippen molar-refractivity contribution in [2.45, 2.75) is 44.7 Å². The Labute approximate surface area is 263 Å². The molecular weight excluding hydrogens is 613 g/mol. The van der Waals surface area contributed by atoms with Crippen molar-refractivity contribution in [1.82, 2.24) is 10.2 Å². The van der Waals surface area contributed by atoms with Crippen molar-refractivity contribution < 1.29 is 27.5 Å². The van der Waals surface area contributed by atoms with E-state index in [4.69, 9.17) is 32.7 Å². The van der Waals surface area contributed by atoms with E-state index in [0.29, 0.717) is 27.9 Å². The number of rotatable bonds is 14. The predicted molar refractivity (Wildman–Crippen MR) is 169 cm³/mol. The van der Waals surface area contributed by atoms with Crippen LogP contribution in [0.15, 0.2) is 71.6 Å². The molecule has 0 unspecified atom stereocenters. The fourth-order valence-electron chi connectivity index (χ4n) is 4.42. The summed E-state index contributed by atoms with van der Waals surface area (Å²) in [5, 5.41) is 3.53. The fourth-order valence-corrected chi connectivity index (χ4v) is 6.37. The van der Waals surface area contributed by atoms with Crippen LogP contribution >= 0.6 is 23.2 Å².